The average Bonchev–Trinajstić information content (AvgIpc) is 2.02. The number of carbonyl (C=O) groups is 2. The van der Waals surface area contributed by atoms with Crippen LogP contribution >= 0.6 is 0 Å². The molecule has 1 N–H and O–H groups in total. The highest BCUT2D eigenvalue weighted by molar-refractivity contribution is 5.84. The van der Waals surface area contributed by atoms with Crippen LogP contribution in [0.1, 0.15) is 39.5 Å². The maximum Gasteiger partial charge on any atom is 0.312 e. The van der Waals surface area contributed by atoms with Gasteiger partial charge in [-0.25, -0.2) is 4.39 Å². The van der Waals surface area contributed by atoms with Gasteiger partial charge in [0.2, 0.25) is 0 Å². The fourth-order valence-corrected chi connectivity index (χ4v) is 2.02. The third-order valence-corrected chi connectivity index (χ3v) is 3.21. The monoisotopic (exact) mass is 202 g/mol. The Morgan fingerprint density at radius 3 is 2.14 bits per heavy atom. The summed E-state index contributed by atoms with van der Waals surface area (Å²) in [5, 5.41) is 9.06. The molecule has 1 aliphatic carbocycles. The van der Waals surface area contributed by atoms with E-state index in [1.165, 1.54) is 13.8 Å². The Morgan fingerprint density at radius 1 is 1.43 bits per heavy atom. The number of alkyl halides is 1. The number of hydrogen-bond acceptors (Lipinski definition) is 2. The second-order valence-electron chi connectivity index (χ2n) is 4.40. The Kier molecular flexibility index (Phi) is 2.65. The van der Waals surface area contributed by atoms with Gasteiger partial charge in [-0.2, -0.15) is 0 Å². The first-order chi connectivity index (χ1) is 6.29. The smallest absolute Gasteiger partial charge is 0.312 e. The molecule has 0 aromatic heterocycles. The fourth-order valence-electron chi connectivity index (χ4n) is 2.02. The molecular formula is C10H15FO3. The van der Waals surface area contributed by atoms with Crippen LogP contribution in [0.4, 0.5) is 4.39 Å². The van der Waals surface area contributed by atoms with Crippen LogP contribution in [0.2, 0.25) is 0 Å². The van der Waals surface area contributed by atoms with Crippen molar-refractivity contribution in [3.63, 3.8) is 0 Å². The van der Waals surface area contributed by atoms with Crippen molar-refractivity contribution in [2.75, 3.05) is 0 Å². The Morgan fingerprint density at radius 2 is 1.86 bits per heavy atom. The molecule has 1 aliphatic rings. The number of hydrogen-bond donors (Lipinski definition) is 1. The van der Waals surface area contributed by atoms with Crippen LogP contribution in [0, 0.1) is 5.41 Å². The van der Waals surface area contributed by atoms with Crippen LogP contribution in [-0.4, -0.2) is 22.5 Å². The van der Waals surface area contributed by atoms with Gasteiger partial charge in [0, 0.05) is 12.8 Å². The van der Waals surface area contributed by atoms with Gasteiger partial charge in [0.1, 0.15) is 16.9 Å². The molecule has 0 aromatic rings. The van der Waals surface area contributed by atoms with E-state index >= 15 is 0 Å². The predicted octanol–water partition coefficient (Wildman–Crippen LogP) is 1.95. The summed E-state index contributed by atoms with van der Waals surface area (Å²) < 4.78 is 13.8. The lowest BCUT2D eigenvalue weighted by atomic mass is 9.65. The van der Waals surface area contributed by atoms with E-state index in [9.17, 15) is 14.0 Å². The number of Topliss-reactive ketones (excluding diaryl/α,β-unsaturated/α-hetero) is 1. The molecule has 0 bridgehead atoms. The maximum absolute atomic E-state index is 13.8. The molecule has 4 heteroatoms. The fraction of sp³-hybridized carbons (Fsp3) is 0.800. The van der Waals surface area contributed by atoms with Crippen molar-refractivity contribution in [1.82, 2.24) is 0 Å². The van der Waals surface area contributed by atoms with E-state index in [1.54, 1.807) is 0 Å². The van der Waals surface area contributed by atoms with Gasteiger partial charge in [-0.15, -0.1) is 0 Å². The molecule has 14 heavy (non-hydrogen) atoms. The third-order valence-electron chi connectivity index (χ3n) is 3.21. The largest absolute Gasteiger partial charge is 0.481 e. The number of aliphatic carboxylic acids is 1. The molecule has 0 heterocycles. The highest BCUT2D eigenvalue weighted by Crippen LogP contribution is 2.46. The summed E-state index contributed by atoms with van der Waals surface area (Å²) in [4.78, 5) is 22.1. The summed E-state index contributed by atoms with van der Waals surface area (Å²) in [6.07, 6.45) is 0.592. The molecule has 80 valence electrons. The molecule has 0 unspecified atom stereocenters. The number of halogens is 1. The summed E-state index contributed by atoms with van der Waals surface area (Å²) in [5.74, 6) is -1.09. The van der Waals surface area contributed by atoms with Crippen LogP contribution in [0.25, 0.3) is 0 Å². The SMILES string of the molecule is CC(C)(F)C1(C(=O)O)CCC(=O)CC1. The van der Waals surface area contributed by atoms with E-state index in [2.05, 4.69) is 0 Å². The van der Waals surface area contributed by atoms with Crippen molar-refractivity contribution < 1.29 is 19.1 Å². The molecular weight excluding hydrogens is 187 g/mol. The zero-order valence-corrected chi connectivity index (χ0v) is 8.47. The lowest BCUT2D eigenvalue weighted by Crippen LogP contribution is -2.49. The zero-order chi connectivity index (χ0) is 11.0. The Balaban J connectivity index is 2.96. The number of carboxylic acids is 1. The Hall–Kier alpha value is -0.930. The summed E-state index contributed by atoms with van der Waals surface area (Å²) in [6, 6.07) is 0. The summed E-state index contributed by atoms with van der Waals surface area (Å²) in [6.45, 7) is 2.55. The molecule has 3 nitrogen and oxygen atoms in total. The summed E-state index contributed by atoms with van der Waals surface area (Å²) >= 11 is 0. The van der Waals surface area contributed by atoms with Crippen molar-refractivity contribution >= 4 is 11.8 Å². The summed E-state index contributed by atoms with van der Waals surface area (Å²) in [7, 11) is 0. The Labute approximate surface area is 82.3 Å². The number of rotatable bonds is 2. The van der Waals surface area contributed by atoms with Gasteiger partial charge in [-0.3, -0.25) is 9.59 Å². The predicted molar refractivity (Wildman–Crippen MR) is 48.7 cm³/mol. The van der Waals surface area contributed by atoms with Crippen LogP contribution in [-0.2, 0) is 9.59 Å². The van der Waals surface area contributed by atoms with Crippen LogP contribution in [0.3, 0.4) is 0 Å². The highest BCUT2D eigenvalue weighted by Gasteiger charge is 2.53. The molecule has 1 rings (SSSR count). The van der Waals surface area contributed by atoms with Gasteiger partial charge in [0.15, 0.2) is 0 Å². The zero-order valence-electron chi connectivity index (χ0n) is 8.47. The van der Waals surface area contributed by atoms with Gasteiger partial charge in [0.05, 0.1) is 0 Å². The topological polar surface area (TPSA) is 54.4 Å². The van der Waals surface area contributed by atoms with E-state index in [0.717, 1.165) is 0 Å². The molecule has 0 aromatic carbocycles. The number of carbonyl (C=O) groups excluding carboxylic acids is 1. The lowest BCUT2D eigenvalue weighted by molar-refractivity contribution is -0.163. The van der Waals surface area contributed by atoms with Gasteiger partial charge >= 0.3 is 5.97 Å². The van der Waals surface area contributed by atoms with Gasteiger partial charge < -0.3 is 5.11 Å². The molecule has 1 saturated carbocycles. The van der Waals surface area contributed by atoms with E-state index in [4.69, 9.17) is 5.11 Å². The highest BCUT2D eigenvalue weighted by atomic mass is 19.1. The average molecular weight is 202 g/mol. The van der Waals surface area contributed by atoms with Crippen molar-refractivity contribution in [3.05, 3.63) is 0 Å². The number of carboxylic acid groups (broad SMARTS) is 1. The molecule has 0 spiro atoms. The van der Waals surface area contributed by atoms with Gasteiger partial charge in [-0.1, -0.05) is 0 Å². The second kappa shape index (κ2) is 3.33. The second-order valence-corrected chi connectivity index (χ2v) is 4.40. The minimum absolute atomic E-state index is 0.0334. The van der Waals surface area contributed by atoms with Crippen molar-refractivity contribution in [2.45, 2.75) is 45.2 Å². The maximum atomic E-state index is 13.8. The lowest BCUT2D eigenvalue weighted by Gasteiger charge is -2.40. The first-order valence-electron chi connectivity index (χ1n) is 4.74. The molecule has 1 fully saturated rings. The summed E-state index contributed by atoms with van der Waals surface area (Å²) in [5.41, 5.74) is -3.15. The molecule has 0 aliphatic heterocycles. The Bertz CT molecular complexity index is 255. The van der Waals surface area contributed by atoms with E-state index in [-0.39, 0.29) is 31.5 Å². The normalized spacial score (nSPS) is 22.1. The molecule has 0 radical (unpaired) electrons. The van der Waals surface area contributed by atoms with E-state index < -0.39 is 17.1 Å². The van der Waals surface area contributed by atoms with E-state index in [1.807, 2.05) is 0 Å². The van der Waals surface area contributed by atoms with Crippen LogP contribution < -0.4 is 0 Å². The van der Waals surface area contributed by atoms with Crippen molar-refractivity contribution in [2.24, 2.45) is 5.41 Å². The van der Waals surface area contributed by atoms with Gasteiger partial charge in [-0.05, 0) is 26.7 Å². The standard InChI is InChI=1S/C10H15FO3/c1-9(2,11)10(8(13)14)5-3-7(12)4-6-10/h3-6H2,1-2H3,(H,13,14). The van der Waals surface area contributed by atoms with Crippen molar-refractivity contribution in [1.29, 1.82) is 0 Å². The minimum Gasteiger partial charge on any atom is -0.481 e. The molecule has 0 saturated heterocycles. The quantitative estimate of drug-likeness (QED) is 0.744. The minimum atomic E-state index is -1.78. The first-order valence-corrected chi connectivity index (χ1v) is 4.74. The third kappa shape index (κ3) is 1.65. The molecule has 0 atom stereocenters. The number of ketones is 1. The van der Waals surface area contributed by atoms with Crippen LogP contribution in [0.15, 0.2) is 0 Å². The first kappa shape index (κ1) is 11.1. The molecule has 0 amide bonds. The van der Waals surface area contributed by atoms with E-state index in [0.29, 0.717) is 0 Å². The van der Waals surface area contributed by atoms with Gasteiger partial charge in [0.25, 0.3) is 0 Å². The van der Waals surface area contributed by atoms with Crippen LogP contribution in [0.5, 0.6) is 0 Å². The van der Waals surface area contributed by atoms with Crippen molar-refractivity contribution in [3.8, 4) is 0 Å².